The van der Waals surface area contributed by atoms with E-state index in [1.807, 2.05) is 0 Å². The lowest BCUT2D eigenvalue weighted by molar-refractivity contribution is 0.540. The summed E-state index contributed by atoms with van der Waals surface area (Å²) < 4.78 is 27.0. The number of sulfonamides is 1. The fraction of sp³-hybridized carbons (Fsp3) is 0.556. The van der Waals surface area contributed by atoms with E-state index in [9.17, 15) is 8.42 Å². The lowest BCUT2D eigenvalue weighted by Crippen LogP contribution is -2.29. The van der Waals surface area contributed by atoms with E-state index in [1.54, 1.807) is 6.07 Å². The Morgan fingerprint density at radius 1 is 1.53 bits per heavy atom. The summed E-state index contributed by atoms with van der Waals surface area (Å²) in [5, 5.41) is 3.20. The van der Waals surface area contributed by atoms with Gasteiger partial charge >= 0.3 is 0 Å². The van der Waals surface area contributed by atoms with Crippen molar-refractivity contribution in [3.63, 3.8) is 0 Å². The Hall–Kier alpha value is 0.150. The van der Waals surface area contributed by atoms with Crippen LogP contribution in [0.3, 0.4) is 0 Å². The molecule has 2 N–H and O–H groups in total. The van der Waals surface area contributed by atoms with Gasteiger partial charge in [0.2, 0.25) is 10.0 Å². The van der Waals surface area contributed by atoms with Crippen molar-refractivity contribution in [2.75, 3.05) is 19.6 Å². The van der Waals surface area contributed by atoms with Gasteiger partial charge < -0.3 is 5.32 Å². The average molecular weight is 317 g/mol. The standard InChI is InChI=1S/C9H13ClN2O2S2.ClH/c10-8-1-2-9(15-8)16(13,14)12-6-7-3-4-11-5-7;/h1-2,7,11-12H,3-6H2;1H. The Morgan fingerprint density at radius 3 is 2.82 bits per heavy atom. The largest absolute Gasteiger partial charge is 0.316 e. The maximum Gasteiger partial charge on any atom is 0.250 e. The SMILES string of the molecule is Cl.O=S(=O)(NCC1CCNC1)c1ccc(Cl)s1. The van der Waals surface area contributed by atoms with Gasteiger partial charge in [-0.3, -0.25) is 0 Å². The van der Waals surface area contributed by atoms with Crippen LogP contribution in [0.5, 0.6) is 0 Å². The van der Waals surface area contributed by atoms with Gasteiger partial charge in [-0.2, -0.15) is 0 Å². The first-order chi connectivity index (χ1) is 7.58. The second-order valence-corrected chi connectivity index (χ2v) is 7.48. The summed E-state index contributed by atoms with van der Waals surface area (Å²) in [5.74, 6) is 0.394. The number of halogens is 2. The molecule has 0 aliphatic carbocycles. The first kappa shape index (κ1) is 15.2. The molecular formula is C9H14Cl2N2O2S2. The monoisotopic (exact) mass is 316 g/mol. The Kier molecular flexibility index (Phi) is 5.69. The molecule has 1 atom stereocenters. The molecule has 1 aliphatic heterocycles. The van der Waals surface area contributed by atoms with E-state index in [-0.39, 0.29) is 16.6 Å². The number of nitrogens with one attached hydrogen (secondary N) is 2. The molecule has 0 amide bonds. The minimum Gasteiger partial charge on any atom is -0.316 e. The predicted molar refractivity (Wildman–Crippen MR) is 72.7 cm³/mol. The maximum atomic E-state index is 11.8. The molecule has 1 aliphatic rings. The van der Waals surface area contributed by atoms with Crippen molar-refractivity contribution in [3.05, 3.63) is 16.5 Å². The van der Waals surface area contributed by atoms with Gasteiger partial charge in [0, 0.05) is 6.54 Å². The minimum atomic E-state index is -3.37. The maximum absolute atomic E-state index is 11.8. The highest BCUT2D eigenvalue weighted by atomic mass is 35.5. The summed E-state index contributed by atoms with van der Waals surface area (Å²) in [4.78, 5) is 0. The molecule has 1 aromatic rings. The molecule has 17 heavy (non-hydrogen) atoms. The third-order valence-corrected chi connectivity index (χ3v) is 5.68. The van der Waals surface area contributed by atoms with Crippen molar-refractivity contribution in [1.29, 1.82) is 0 Å². The van der Waals surface area contributed by atoms with Crippen molar-refractivity contribution >= 4 is 45.4 Å². The first-order valence-electron chi connectivity index (χ1n) is 5.03. The molecule has 0 spiro atoms. The van der Waals surface area contributed by atoms with Crippen LogP contribution in [0.25, 0.3) is 0 Å². The van der Waals surface area contributed by atoms with Crippen LogP contribution in [0, 0.1) is 5.92 Å². The zero-order valence-electron chi connectivity index (χ0n) is 8.98. The van der Waals surface area contributed by atoms with E-state index in [1.165, 1.54) is 6.07 Å². The summed E-state index contributed by atoms with van der Waals surface area (Å²) in [6, 6.07) is 3.13. The van der Waals surface area contributed by atoms with Crippen molar-refractivity contribution in [3.8, 4) is 0 Å². The van der Waals surface area contributed by atoms with Crippen LogP contribution in [0.2, 0.25) is 4.34 Å². The highest BCUT2D eigenvalue weighted by Crippen LogP contribution is 2.25. The minimum absolute atomic E-state index is 0. The van der Waals surface area contributed by atoms with Gasteiger partial charge in [0.1, 0.15) is 4.21 Å². The van der Waals surface area contributed by atoms with E-state index in [4.69, 9.17) is 11.6 Å². The molecule has 1 saturated heterocycles. The Labute approximate surface area is 116 Å². The Balaban J connectivity index is 0.00000144. The lowest BCUT2D eigenvalue weighted by Gasteiger charge is -2.09. The molecule has 0 radical (unpaired) electrons. The number of hydrogen-bond donors (Lipinski definition) is 2. The van der Waals surface area contributed by atoms with Crippen LogP contribution in [-0.2, 0) is 10.0 Å². The second-order valence-electron chi connectivity index (χ2n) is 3.77. The van der Waals surface area contributed by atoms with Crippen LogP contribution >= 0.6 is 35.3 Å². The van der Waals surface area contributed by atoms with Crippen LogP contribution in [-0.4, -0.2) is 28.1 Å². The Bertz CT molecular complexity index is 455. The van der Waals surface area contributed by atoms with Gasteiger partial charge in [-0.05, 0) is 37.6 Å². The van der Waals surface area contributed by atoms with Gasteiger partial charge in [0.05, 0.1) is 4.34 Å². The van der Waals surface area contributed by atoms with Gasteiger partial charge in [0.25, 0.3) is 0 Å². The van der Waals surface area contributed by atoms with Crippen LogP contribution in [0.15, 0.2) is 16.3 Å². The molecule has 0 saturated carbocycles. The van der Waals surface area contributed by atoms with Crippen LogP contribution in [0.1, 0.15) is 6.42 Å². The van der Waals surface area contributed by atoms with Crippen molar-refractivity contribution in [2.45, 2.75) is 10.6 Å². The zero-order chi connectivity index (χ0) is 11.6. The predicted octanol–water partition coefficient (Wildman–Crippen LogP) is 1.71. The van der Waals surface area contributed by atoms with Crippen molar-refractivity contribution in [1.82, 2.24) is 10.0 Å². The quantitative estimate of drug-likeness (QED) is 0.889. The summed E-state index contributed by atoms with van der Waals surface area (Å²) in [5.41, 5.74) is 0. The number of rotatable bonds is 4. The van der Waals surface area contributed by atoms with E-state index in [0.29, 0.717) is 16.8 Å². The van der Waals surface area contributed by atoms with Crippen molar-refractivity contribution in [2.24, 2.45) is 5.92 Å². The third-order valence-electron chi connectivity index (χ3n) is 2.54. The Morgan fingerprint density at radius 2 is 2.29 bits per heavy atom. The summed E-state index contributed by atoms with van der Waals surface area (Å²) in [7, 11) is -3.37. The second kappa shape index (κ2) is 6.36. The topological polar surface area (TPSA) is 58.2 Å². The molecule has 4 nitrogen and oxygen atoms in total. The summed E-state index contributed by atoms with van der Waals surface area (Å²) in [6.07, 6.45) is 1.02. The lowest BCUT2D eigenvalue weighted by atomic mass is 10.1. The average Bonchev–Trinajstić information content (AvgIpc) is 2.85. The van der Waals surface area contributed by atoms with E-state index in [2.05, 4.69) is 10.0 Å². The zero-order valence-corrected chi connectivity index (χ0v) is 12.2. The number of hydrogen-bond acceptors (Lipinski definition) is 4. The molecule has 0 aromatic carbocycles. The smallest absolute Gasteiger partial charge is 0.250 e. The molecule has 0 bridgehead atoms. The van der Waals surface area contributed by atoms with Gasteiger partial charge in [0.15, 0.2) is 0 Å². The first-order valence-corrected chi connectivity index (χ1v) is 7.71. The highest BCUT2D eigenvalue weighted by Gasteiger charge is 2.20. The van der Waals surface area contributed by atoms with Crippen molar-refractivity contribution < 1.29 is 8.42 Å². The molecule has 8 heteroatoms. The fourth-order valence-corrected chi connectivity index (χ4v) is 4.27. The molecule has 2 rings (SSSR count). The van der Waals surface area contributed by atoms with E-state index in [0.717, 1.165) is 30.8 Å². The summed E-state index contributed by atoms with van der Waals surface area (Å²) in [6.45, 7) is 2.34. The fourth-order valence-electron chi connectivity index (χ4n) is 1.63. The van der Waals surface area contributed by atoms with Crippen LogP contribution < -0.4 is 10.0 Å². The normalized spacial score (nSPS) is 20.2. The molecular weight excluding hydrogens is 303 g/mol. The van der Waals surface area contributed by atoms with Gasteiger partial charge in [-0.15, -0.1) is 23.7 Å². The van der Waals surface area contributed by atoms with Crippen LogP contribution in [0.4, 0.5) is 0 Å². The summed E-state index contributed by atoms with van der Waals surface area (Å²) >= 11 is 6.79. The molecule has 1 aromatic heterocycles. The number of thiophene rings is 1. The highest BCUT2D eigenvalue weighted by molar-refractivity contribution is 7.91. The van der Waals surface area contributed by atoms with Gasteiger partial charge in [-0.25, -0.2) is 13.1 Å². The third kappa shape index (κ3) is 4.08. The van der Waals surface area contributed by atoms with E-state index >= 15 is 0 Å². The molecule has 2 heterocycles. The molecule has 98 valence electrons. The molecule has 1 fully saturated rings. The van der Waals surface area contributed by atoms with Gasteiger partial charge in [-0.1, -0.05) is 11.6 Å². The molecule has 1 unspecified atom stereocenters. The van der Waals surface area contributed by atoms with E-state index < -0.39 is 10.0 Å².